The van der Waals surface area contributed by atoms with E-state index in [1.807, 2.05) is 0 Å². The van der Waals surface area contributed by atoms with Gasteiger partial charge in [0.2, 0.25) is 5.91 Å². The molecule has 158 valence electrons. The number of nitrogens with zero attached hydrogens (tertiary/aromatic N) is 1. The van der Waals surface area contributed by atoms with Crippen molar-refractivity contribution in [2.24, 2.45) is 34.5 Å². The van der Waals surface area contributed by atoms with Crippen LogP contribution in [0, 0.1) is 34.5 Å². The van der Waals surface area contributed by atoms with Gasteiger partial charge in [0, 0.05) is 30.5 Å². The second-order valence-electron chi connectivity index (χ2n) is 11.2. The van der Waals surface area contributed by atoms with Gasteiger partial charge in [0.1, 0.15) is 5.94 Å². The number of amides is 1. The van der Waals surface area contributed by atoms with Crippen molar-refractivity contribution in [1.29, 1.82) is 0 Å². The van der Waals surface area contributed by atoms with Crippen LogP contribution in [0.2, 0.25) is 0 Å². The van der Waals surface area contributed by atoms with Crippen LogP contribution in [-0.4, -0.2) is 35.4 Å². The van der Waals surface area contributed by atoms with Crippen molar-refractivity contribution in [2.75, 3.05) is 6.54 Å². The summed E-state index contributed by atoms with van der Waals surface area (Å²) in [4.78, 5) is 26.1. The lowest BCUT2D eigenvalue weighted by Gasteiger charge is -2.59. The highest BCUT2D eigenvalue weighted by Gasteiger charge is 2.60. The van der Waals surface area contributed by atoms with E-state index in [4.69, 9.17) is 0 Å². The fourth-order valence-corrected chi connectivity index (χ4v) is 8.31. The van der Waals surface area contributed by atoms with E-state index < -0.39 is 0 Å². The minimum absolute atomic E-state index is 0.0833. The maximum atomic E-state index is 11.9. The van der Waals surface area contributed by atoms with Gasteiger partial charge in [0.15, 0.2) is 0 Å². The van der Waals surface area contributed by atoms with E-state index in [2.05, 4.69) is 43.0 Å². The van der Waals surface area contributed by atoms with Gasteiger partial charge in [-0.1, -0.05) is 26.8 Å². The van der Waals surface area contributed by atoms with Crippen LogP contribution < -0.4 is 5.32 Å². The first-order valence-corrected chi connectivity index (χ1v) is 11.9. The standard InChI is InChI=1S/C25H36N2O2/c1-16-10-13-27(17(14-16)15-28)22-7-5-19-18-4-6-21-24(2,12-9-23(29)26-21)20(18)8-11-25(19,22)3/h9,12,16,18-22H,4-8,10-11,13-14H2,1-3H3,(H,26,29)/t16?,18-,19-,20-,21+,22-,24+,25-/m0/s1. The summed E-state index contributed by atoms with van der Waals surface area (Å²) in [6, 6.07) is 0.806. The Labute approximate surface area is 175 Å². The van der Waals surface area contributed by atoms with E-state index >= 15 is 0 Å². The van der Waals surface area contributed by atoms with Crippen LogP contribution in [0.4, 0.5) is 0 Å². The van der Waals surface area contributed by atoms with E-state index in [0.717, 1.165) is 36.9 Å². The Morgan fingerprint density at radius 1 is 1.10 bits per heavy atom. The molecule has 0 spiro atoms. The molecule has 0 aromatic heterocycles. The summed E-state index contributed by atoms with van der Waals surface area (Å²) in [5, 5.41) is 3.26. The molecule has 5 aliphatic rings. The number of carbonyl (C=O) groups excluding carboxylic acids is 2. The molecular weight excluding hydrogens is 360 g/mol. The quantitative estimate of drug-likeness (QED) is 0.679. The Kier molecular flexibility index (Phi) is 4.51. The molecule has 1 amide bonds. The first-order chi connectivity index (χ1) is 13.9. The monoisotopic (exact) mass is 396 g/mol. The third-order valence-electron chi connectivity index (χ3n) is 9.88. The number of likely N-dealkylation sites (tertiary alicyclic amines) is 1. The molecular formula is C25H36N2O2. The molecule has 1 saturated heterocycles. The second-order valence-corrected chi connectivity index (χ2v) is 11.2. The smallest absolute Gasteiger partial charge is 0.243 e. The summed E-state index contributed by atoms with van der Waals surface area (Å²) in [5.74, 6) is 5.15. The first kappa shape index (κ1) is 19.4. The SMILES string of the molecule is CC1CCN([C@H]2CC[C@H]3[C@@H]4CC[C@H]5NC(=O)C=C[C@]5(C)[C@H]4CC[C@]23C)C(=C=O)C1. The lowest BCUT2D eigenvalue weighted by atomic mass is 9.48. The van der Waals surface area contributed by atoms with Crippen molar-refractivity contribution in [3.05, 3.63) is 17.8 Å². The van der Waals surface area contributed by atoms with Crippen molar-refractivity contribution < 1.29 is 9.59 Å². The molecule has 4 nitrogen and oxygen atoms in total. The van der Waals surface area contributed by atoms with Gasteiger partial charge >= 0.3 is 0 Å². The molecule has 4 heteroatoms. The van der Waals surface area contributed by atoms with E-state index in [9.17, 15) is 9.59 Å². The van der Waals surface area contributed by atoms with E-state index in [1.165, 1.54) is 38.5 Å². The van der Waals surface area contributed by atoms with Gasteiger partial charge in [-0.05, 0) is 80.1 Å². The number of nitrogens with one attached hydrogen (secondary N) is 1. The van der Waals surface area contributed by atoms with Crippen molar-refractivity contribution in [3.8, 4) is 0 Å². The lowest BCUT2D eigenvalue weighted by molar-refractivity contribution is -0.122. The van der Waals surface area contributed by atoms with E-state index in [0.29, 0.717) is 29.3 Å². The summed E-state index contributed by atoms with van der Waals surface area (Å²) in [7, 11) is 0. The Balaban J connectivity index is 1.42. The van der Waals surface area contributed by atoms with Gasteiger partial charge in [0.25, 0.3) is 0 Å². The van der Waals surface area contributed by atoms with Crippen molar-refractivity contribution >= 4 is 11.8 Å². The molecule has 2 aliphatic heterocycles. The summed E-state index contributed by atoms with van der Waals surface area (Å²) < 4.78 is 0. The second kappa shape index (κ2) is 6.74. The van der Waals surface area contributed by atoms with E-state index in [1.54, 1.807) is 6.08 Å². The Morgan fingerprint density at radius 3 is 2.72 bits per heavy atom. The Hall–Kier alpha value is -1.54. The highest BCUT2D eigenvalue weighted by atomic mass is 16.1. The summed E-state index contributed by atoms with van der Waals surface area (Å²) >= 11 is 0. The predicted octanol–water partition coefficient (Wildman–Crippen LogP) is 4.10. The number of fused-ring (bicyclic) bond motifs is 5. The lowest BCUT2D eigenvalue weighted by Crippen LogP contribution is -2.60. The summed E-state index contributed by atoms with van der Waals surface area (Å²) in [5.41, 5.74) is 1.34. The summed E-state index contributed by atoms with van der Waals surface area (Å²) in [6.45, 7) is 8.20. The van der Waals surface area contributed by atoms with Crippen LogP contribution in [-0.2, 0) is 9.59 Å². The Bertz CT molecular complexity index is 784. The minimum Gasteiger partial charge on any atom is -0.362 e. The zero-order valence-corrected chi connectivity index (χ0v) is 18.2. The van der Waals surface area contributed by atoms with Gasteiger partial charge in [0.05, 0.1) is 5.70 Å². The largest absolute Gasteiger partial charge is 0.362 e. The zero-order chi connectivity index (χ0) is 20.4. The minimum atomic E-state index is 0.0833. The molecule has 0 bridgehead atoms. The van der Waals surface area contributed by atoms with Gasteiger partial charge < -0.3 is 10.2 Å². The topological polar surface area (TPSA) is 49.4 Å². The molecule has 29 heavy (non-hydrogen) atoms. The van der Waals surface area contributed by atoms with Crippen LogP contribution >= 0.6 is 0 Å². The van der Waals surface area contributed by atoms with Crippen LogP contribution in [0.25, 0.3) is 0 Å². The highest BCUT2D eigenvalue weighted by molar-refractivity contribution is 5.89. The molecule has 0 radical (unpaired) electrons. The average molecular weight is 397 g/mol. The third kappa shape index (κ3) is 2.78. The van der Waals surface area contributed by atoms with Crippen LogP contribution in [0.3, 0.4) is 0 Å². The first-order valence-electron chi connectivity index (χ1n) is 11.9. The van der Waals surface area contributed by atoms with Crippen LogP contribution in [0.15, 0.2) is 17.8 Å². The maximum absolute atomic E-state index is 11.9. The van der Waals surface area contributed by atoms with Crippen molar-refractivity contribution in [1.82, 2.24) is 10.2 Å². The molecule has 1 unspecified atom stereocenters. The van der Waals surface area contributed by atoms with Gasteiger partial charge in [-0.25, -0.2) is 4.79 Å². The summed E-state index contributed by atoms with van der Waals surface area (Å²) in [6.07, 6.45) is 13.4. The maximum Gasteiger partial charge on any atom is 0.243 e. The fourth-order valence-electron chi connectivity index (χ4n) is 8.31. The van der Waals surface area contributed by atoms with Crippen molar-refractivity contribution in [3.63, 3.8) is 0 Å². The highest BCUT2D eigenvalue weighted by Crippen LogP contribution is 2.64. The number of rotatable bonds is 1. The van der Waals surface area contributed by atoms with Gasteiger partial charge in [-0.15, -0.1) is 0 Å². The molecule has 0 aromatic rings. The molecule has 2 heterocycles. The average Bonchev–Trinajstić information content (AvgIpc) is 3.05. The van der Waals surface area contributed by atoms with Crippen molar-refractivity contribution in [2.45, 2.75) is 84.2 Å². The molecule has 0 aromatic carbocycles. The molecule has 3 aliphatic carbocycles. The molecule has 3 saturated carbocycles. The fraction of sp³-hybridized carbons (Fsp3) is 0.800. The van der Waals surface area contributed by atoms with Crippen LogP contribution in [0.1, 0.15) is 72.1 Å². The molecule has 8 atom stereocenters. The van der Waals surface area contributed by atoms with Gasteiger partial charge in [-0.3, -0.25) is 4.79 Å². The molecule has 4 fully saturated rings. The number of allylic oxidation sites excluding steroid dienone is 1. The number of hydrogen-bond donors (Lipinski definition) is 1. The van der Waals surface area contributed by atoms with Gasteiger partial charge in [-0.2, -0.15) is 0 Å². The predicted molar refractivity (Wildman–Crippen MR) is 114 cm³/mol. The van der Waals surface area contributed by atoms with E-state index in [-0.39, 0.29) is 11.3 Å². The number of carbonyl (C=O) groups is 1. The van der Waals surface area contributed by atoms with Crippen LogP contribution in [0.5, 0.6) is 0 Å². The number of piperidine rings is 1. The normalized spacial score (nSPS) is 49.0. The molecule has 1 N–H and O–H groups in total. The zero-order valence-electron chi connectivity index (χ0n) is 18.2. The molecule has 5 rings (SSSR count). The third-order valence-corrected chi connectivity index (χ3v) is 9.88. The Morgan fingerprint density at radius 2 is 1.93 bits per heavy atom. The number of hydrogen-bond acceptors (Lipinski definition) is 3.